The molecule has 4 aromatic carbocycles. The summed E-state index contributed by atoms with van der Waals surface area (Å²) < 4.78 is 0. The summed E-state index contributed by atoms with van der Waals surface area (Å²) in [6.07, 6.45) is 8.30. The second-order valence-electron chi connectivity index (χ2n) is 11.2. The first-order valence-corrected chi connectivity index (χ1v) is 12.4. The molecule has 0 bridgehead atoms. The normalized spacial score (nSPS) is 16.6. The minimum absolute atomic E-state index is 0.124. The standard InChI is InChI=1S/C33H35N/c1-32(2,3)28-16-18-29(19-17-28)33(4,5)34(30-20-14-24-10-6-8-12-26(24)22-30)31-21-15-25-11-7-9-13-27(25)23-31/h6-18,20-23,29H,19H2,1-5H3. The largest absolute Gasteiger partial charge is 0.335 e. The maximum atomic E-state index is 2.55. The predicted molar refractivity (Wildman–Crippen MR) is 149 cm³/mol. The van der Waals surface area contributed by atoms with Crippen LogP contribution in [0.5, 0.6) is 0 Å². The summed E-state index contributed by atoms with van der Waals surface area (Å²) in [5, 5.41) is 5.10. The summed E-state index contributed by atoms with van der Waals surface area (Å²) in [5.41, 5.74) is 3.96. The lowest BCUT2D eigenvalue weighted by Gasteiger charge is -2.46. The summed E-state index contributed by atoms with van der Waals surface area (Å²) >= 11 is 0. The van der Waals surface area contributed by atoms with Crippen molar-refractivity contribution in [2.24, 2.45) is 11.3 Å². The van der Waals surface area contributed by atoms with E-state index >= 15 is 0 Å². The summed E-state index contributed by atoms with van der Waals surface area (Å²) in [5.74, 6) is 0.400. The van der Waals surface area contributed by atoms with Crippen LogP contribution in [0.25, 0.3) is 21.5 Å². The topological polar surface area (TPSA) is 3.24 Å². The van der Waals surface area contributed by atoms with Crippen LogP contribution >= 0.6 is 0 Å². The molecule has 0 heterocycles. The molecule has 1 aliphatic rings. The molecular formula is C33H35N. The zero-order valence-electron chi connectivity index (χ0n) is 21.0. The summed E-state index contributed by atoms with van der Waals surface area (Å²) in [6.45, 7) is 11.7. The minimum Gasteiger partial charge on any atom is -0.335 e. The van der Waals surface area contributed by atoms with E-state index in [9.17, 15) is 0 Å². The Bertz CT molecular complexity index is 1320. The number of fused-ring (bicyclic) bond motifs is 2. The number of nitrogens with zero attached hydrogens (tertiary/aromatic N) is 1. The highest BCUT2D eigenvalue weighted by Gasteiger charge is 2.36. The van der Waals surface area contributed by atoms with Gasteiger partial charge in [-0.15, -0.1) is 0 Å². The second-order valence-corrected chi connectivity index (χ2v) is 11.2. The van der Waals surface area contributed by atoms with E-state index in [1.54, 1.807) is 0 Å². The second kappa shape index (κ2) is 8.47. The van der Waals surface area contributed by atoms with Crippen molar-refractivity contribution in [2.75, 3.05) is 4.90 Å². The summed E-state index contributed by atoms with van der Waals surface area (Å²) in [6, 6.07) is 31.0. The molecule has 1 atom stereocenters. The third-order valence-electron chi connectivity index (χ3n) is 7.43. The van der Waals surface area contributed by atoms with Crippen molar-refractivity contribution in [3.8, 4) is 0 Å². The van der Waals surface area contributed by atoms with Crippen LogP contribution in [0.15, 0.2) is 109 Å². The molecule has 0 saturated carbocycles. The highest BCUT2D eigenvalue weighted by molar-refractivity contribution is 5.90. The van der Waals surface area contributed by atoms with Gasteiger partial charge in [-0.2, -0.15) is 0 Å². The van der Waals surface area contributed by atoms with E-state index in [0.717, 1.165) is 6.42 Å². The molecule has 0 aliphatic heterocycles. The number of hydrogen-bond acceptors (Lipinski definition) is 1. The van der Waals surface area contributed by atoms with E-state index in [0.29, 0.717) is 5.92 Å². The van der Waals surface area contributed by atoms with Gasteiger partial charge in [0.05, 0.1) is 0 Å². The Morgan fingerprint density at radius 1 is 0.647 bits per heavy atom. The molecule has 34 heavy (non-hydrogen) atoms. The van der Waals surface area contributed by atoms with Crippen molar-refractivity contribution in [1.82, 2.24) is 0 Å². The van der Waals surface area contributed by atoms with Gasteiger partial charge in [-0.25, -0.2) is 0 Å². The van der Waals surface area contributed by atoms with Gasteiger partial charge in [-0.3, -0.25) is 0 Å². The van der Waals surface area contributed by atoms with Crippen LogP contribution in [-0.4, -0.2) is 5.54 Å². The van der Waals surface area contributed by atoms with Crippen LogP contribution in [0.1, 0.15) is 41.0 Å². The van der Waals surface area contributed by atoms with Gasteiger partial charge in [-0.1, -0.05) is 99.7 Å². The molecular weight excluding hydrogens is 410 g/mol. The van der Waals surface area contributed by atoms with Crippen molar-refractivity contribution in [3.05, 3.63) is 109 Å². The molecule has 172 valence electrons. The first-order chi connectivity index (χ1) is 16.2. The molecule has 1 heteroatoms. The van der Waals surface area contributed by atoms with Gasteiger partial charge in [0.15, 0.2) is 0 Å². The van der Waals surface area contributed by atoms with Gasteiger partial charge in [0.25, 0.3) is 0 Å². The van der Waals surface area contributed by atoms with E-state index in [1.807, 2.05) is 0 Å². The van der Waals surface area contributed by atoms with E-state index < -0.39 is 0 Å². The highest BCUT2D eigenvalue weighted by atomic mass is 15.2. The maximum absolute atomic E-state index is 2.55. The number of allylic oxidation sites excluding steroid dienone is 3. The smallest absolute Gasteiger partial charge is 0.0460 e. The van der Waals surface area contributed by atoms with Crippen molar-refractivity contribution in [3.63, 3.8) is 0 Å². The van der Waals surface area contributed by atoms with Crippen LogP contribution < -0.4 is 4.90 Å². The molecule has 1 aliphatic carbocycles. The zero-order valence-corrected chi connectivity index (χ0v) is 21.0. The molecule has 4 aromatic rings. The van der Waals surface area contributed by atoms with Gasteiger partial charge >= 0.3 is 0 Å². The third kappa shape index (κ3) is 4.16. The first kappa shape index (κ1) is 22.5. The first-order valence-electron chi connectivity index (χ1n) is 12.4. The van der Waals surface area contributed by atoms with Crippen LogP contribution in [0, 0.1) is 11.3 Å². The van der Waals surface area contributed by atoms with Crippen LogP contribution in [0.3, 0.4) is 0 Å². The van der Waals surface area contributed by atoms with Crippen molar-refractivity contribution in [1.29, 1.82) is 0 Å². The fraction of sp³-hybridized carbons (Fsp3) is 0.273. The predicted octanol–water partition coefficient (Wildman–Crippen LogP) is 9.46. The van der Waals surface area contributed by atoms with Gasteiger partial charge in [0, 0.05) is 22.8 Å². The highest BCUT2D eigenvalue weighted by Crippen LogP contribution is 2.43. The van der Waals surface area contributed by atoms with Gasteiger partial charge in [0.2, 0.25) is 0 Å². The van der Waals surface area contributed by atoms with E-state index in [1.165, 1.54) is 38.5 Å². The van der Waals surface area contributed by atoms with Crippen molar-refractivity contribution >= 4 is 32.9 Å². The van der Waals surface area contributed by atoms with Gasteiger partial charge < -0.3 is 4.90 Å². The quantitative estimate of drug-likeness (QED) is 0.302. The van der Waals surface area contributed by atoms with Crippen LogP contribution in [0.2, 0.25) is 0 Å². The third-order valence-corrected chi connectivity index (χ3v) is 7.43. The Morgan fingerprint density at radius 2 is 1.15 bits per heavy atom. The van der Waals surface area contributed by atoms with Crippen molar-refractivity contribution in [2.45, 2.75) is 46.6 Å². The van der Waals surface area contributed by atoms with Crippen LogP contribution in [0.4, 0.5) is 11.4 Å². The fourth-order valence-corrected chi connectivity index (χ4v) is 5.31. The lowest BCUT2D eigenvalue weighted by atomic mass is 9.75. The SMILES string of the molecule is CC(C)(C)C1=CCC(C(C)(C)N(c2ccc3ccccc3c2)c2ccc3ccccc3c2)C=C1. The molecule has 1 unspecified atom stereocenters. The number of anilines is 2. The number of benzene rings is 4. The maximum Gasteiger partial charge on any atom is 0.0460 e. The Kier molecular flexibility index (Phi) is 5.60. The fourth-order valence-electron chi connectivity index (χ4n) is 5.31. The average Bonchev–Trinajstić information content (AvgIpc) is 2.83. The summed E-state index contributed by atoms with van der Waals surface area (Å²) in [7, 11) is 0. The molecule has 0 fully saturated rings. The Labute approximate surface area is 204 Å². The monoisotopic (exact) mass is 445 g/mol. The lowest BCUT2D eigenvalue weighted by Crippen LogP contribution is -2.47. The molecule has 0 saturated heterocycles. The lowest BCUT2D eigenvalue weighted by molar-refractivity contribution is 0.371. The molecule has 0 radical (unpaired) electrons. The van der Waals surface area contributed by atoms with E-state index in [-0.39, 0.29) is 11.0 Å². The van der Waals surface area contributed by atoms with E-state index in [2.05, 4.69) is 143 Å². The number of hydrogen-bond donors (Lipinski definition) is 0. The van der Waals surface area contributed by atoms with E-state index in [4.69, 9.17) is 0 Å². The van der Waals surface area contributed by atoms with Gasteiger partial charge in [-0.05, 0) is 77.1 Å². The molecule has 0 N–H and O–H groups in total. The average molecular weight is 446 g/mol. The Morgan fingerprint density at radius 3 is 1.59 bits per heavy atom. The molecule has 0 spiro atoms. The summed E-state index contributed by atoms with van der Waals surface area (Å²) in [4.78, 5) is 2.55. The van der Waals surface area contributed by atoms with Gasteiger partial charge in [0.1, 0.15) is 0 Å². The minimum atomic E-state index is -0.124. The molecule has 0 aromatic heterocycles. The number of rotatable bonds is 4. The van der Waals surface area contributed by atoms with Crippen LogP contribution in [-0.2, 0) is 0 Å². The molecule has 1 nitrogen and oxygen atoms in total. The molecule has 0 amide bonds. The Hall–Kier alpha value is -3.32. The van der Waals surface area contributed by atoms with Crippen molar-refractivity contribution < 1.29 is 0 Å². The Balaban J connectivity index is 1.62. The zero-order chi connectivity index (χ0) is 23.9. The molecule has 5 rings (SSSR count).